The van der Waals surface area contributed by atoms with Crippen molar-refractivity contribution in [2.24, 2.45) is 5.73 Å². The first-order chi connectivity index (χ1) is 9.60. The fourth-order valence-electron chi connectivity index (χ4n) is 2.16. The summed E-state index contributed by atoms with van der Waals surface area (Å²) in [6.07, 6.45) is 0.802. The molecule has 2 heterocycles. The summed E-state index contributed by atoms with van der Waals surface area (Å²) in [6.45, 7) is 3.05. The molecule has 1 aromatic heterocycles. The van der Waals surface area contributed by atoms with Gasteiger partial charge in [-0.3, -0.25) is 9.59 Å². The molecule has 0 aromatic carbocycles. The van der Waals surface area contributed by atoms with Gasteiger partial charge in [0, 0.05) is 26.1 Å². The lowest BCUT2D eigenvalue weighted by molar-refractivity contribution is -0.119. The number of nitrogens with one attached hydrogen (secondary N) is 1. The summed E-state index contributed by atoms with van der Waals surface area (Å²) in [6, 6.07) is 3.69. The standard InChI is InChI=1S/C14H17N3O2S/c1-10(18)16-11-6-8-17(9-11)14(19)13-5-4-12(20-13)3-2-7-15/h4-5,11H,6-9,15H2,1H3,(H,16,18). The molecule has 106 valence electrons. The minimum atomic E-state index is -0.0558. The van der Waals surface area contributed by atoms with Crippen LogP contribution in [0.15, 0.2) is 12.1 Å². The Kier molecular flexibility index (Phi) is 4.77. The number of thiophene rings is 1. The van der Waals surface area contributed by atoms with E-state index in [4.69, 9.17) is 5.73 Å². The van der Waals surface area contributed by atoms with Crippen LogP contribution in [-0.2, 0) is 4.79 Å². The molecule has 1 unspecified atom stereocenters. The smallest absolute Gasteiger partial charge is 0.264 e. The number of amides is 2. The SMILES string of the molecule is CC(=O)NC1CCN(C(=O)c2ccc(C#CCN)s2)C1. The van der Waals surface area contributed by atoms with Crippen molar-refractivity contribution in [3.05, 3.63) is 21.9 Å². The first kappa shape index (κ1) is 14.6. The summed E-state index contributed by atoms with van der Waals surface area (Å²) < 4.78 is 0. The Morgan fingerprint density at radius 3 is 3.05 bits per heavy atom. The molecule has 2 rings (SSSR count). The van der Waals surface area contributed by atoms with Crippen LogP contribution in [0, 0.1) is 11.8 Å². The largest absolute Gasteiger partial charge is 0.352 e. The zero-order chi connectivity index (χ0) is 14.5. The molecule has 0 radical (unpaired) electrons. The minimum Gasteiger partial charge on any atom is -0.352 e. The molecule has 1 aliphatic rings. The molecule has 0 spiro atoms. The summed E-state index contributed by atoms with van der Waals surface area (Å²) in [5, 5.41) is 2.85. The van der Waals surface area contributed by atoms with E-state index >= 15 is 0 Å². The highest BCUT2D eigenvalue weighted by molar-refractivity contribution is 7.14. The zero-order valence-electron chi connectivity index (χ0n) is 11.3. The number of hydrogen-bond donors (Lipinski definition) is 2. The molecule has 1 atom stereocenters. The number of nitrogens with zero attached hydrogens (tertiary/aromatic N) is 1. The molecule has 1 saturated heterocycles. The number of carbonyl (C=O) groups is 2. The third-order valence-electron chi connectivity index (χ3n) is 3.01. The Balaban J connectivity index is 1.98. The van der Waals surface area contributed by atoms with Crippen LogP contribution >= 0.6 is 11.3 Å². The van der Waals surface area contributed by atoms with Gasteiger partial charge in [-0.25, -0.2) is 0 Å². The van der Waals surface area contributed by atoms with E-state index in [-0.39, 0.29) is 17.9 Å². The summed E-state index contributed by atoms with van der Waals surface area (Å²) >= 11 is 1.38. The molecule has 1 aliphatic heterocycles. The lowest BCUT2D eigenvalue weighted by Crippen LogP contribution is -2.37. The number of hydrogen-bond acceptors (Lipinski definition) is 4. The van der Waals surface area contributed by atoms with Crippen molar-refractivity contribution in [3.63, 3.8) is 0 Å². The van der Waals surface area contributed by atoms with E-state index in [2.05, 4.69) is 17.2 Å². The molecule has 6 heteroatoms. The van der Waals surface area contributed by atoms with Crippen molar-refractivity contribution in [1.29, 1.82) is 0 Å². The van der Waals surface area contributed by atoms with E-state index in [1.807, 2.05) is 6.07 Å². The second-order valence-corrected chi connectivity index (χ2v) is 5.69. The molecule has 0 saturated carbocycles. The van der Waals surface area contributed by atoms with E-state index in [0.29, 0.717) is 24.5 Å². The predicted molar refractivity (Wildman–Crippen MR) is 78.4 cm³/mol. The van der Waals surface area contributed by atoms with E-state index in [9.17, 15) is 9.59 Å². The van der Waals surface area contributed by atoms with Crippen LogP contribution in [0.1, 0.15) is 27.9 Å². The van der Waals surface area contributed by atoms with Crippen LogP contribution < -0.4 is 11.1 Å². The van der Waals surface area contributed by atoms with Gasteiger partial charge in [-0.05, 0) is 18.6 Å². The molecule has 0 aliphatic carbocycles. The fourth-order valence-corrected chi connectivity index (χ4v) is 3.01. The van der Waals surface area contributed by atoms with Gasteiger partial charge in [0.1, 0.15) is 0 Å². The van der Waals surface area contributed by atoms with Crippen LogP contribution in [-0.4, -0.2) is 42.4 Å². The first-order valence-electron chi connectivity index (χ1n) is 6.45. The lowest BCUT2D eigenvalue weighted by Gasteiger charge is -2.15. The maximum atomic E-state index is 12.3. The van der Waals surface area contributed by atoms with E-state index in [1.54, 1.807) is 11.0 Å². The molecule has 1 aromatic rings. The summed E-state index contributed by atoms with van der Waals surface area (Å²) in [5.74, 6) is 5.64. The van der Waals surface area contributed by atoms with Crippen molar-refractivity contribution in [1.82, 2.24) is 10.2 Å². The average Bonchev–Trinajstić information content (AvgIpc) is 3.04. The van der Waals surface area contributed by atoms with E-state index in [1.165, 1.54) is 18.3 Å². The predicted octanol–water partition coefficient (Wildman–Crippen LogP) is 0.409. The number of rotatable bonds is 2. The molecule has 2 amide bonds. The Morgan fingerprint density at radius 2 is 2.35 bits per heavy atom. The van der Waals surface area contributed by atoms with Crippen LogP contribution in [0.4, 0.5) is 0 Å². The zero-order valence-corrected chi connectivity index (χ0v) is 12.1. The molecular weight excluding hydrogens is 274 g/mol. The number of likely N-dealkylation sites (tertiary alicyclic amines) is 1. The minimum absolute atomic E-state index is 0.00338. The average molecular weight is 291 g/mol. The van der Waals surface area contributed by atoms with Gasteiger partial charge < -0.3 is 16.0 Å². The normalized spacial score (nSPS) is 17.5. The molecule has 0 bridgehead atoms. The monoisotopic (exact) mass is 291 g/mol. The van der Waals surface area contributed by atoms with Crippen molar-refractivity contribution >= 4 is 23.2 Å². The maximum Gasteiger partial charge on any atom is 0.264 e. The molecule has 1 fully saturated rings. The summed E-state index contributed by atoms with van der Waals surface area (Å²) in [5.41, 5.74) is 5.32. The van der Waals surface area contributed by atoms with Gasteiger partial charge in [0.2, 0.25) is 5.91 Å². The molecule has 5 nitrogen and oxygen atoms in total. The molecule has 20 heavy (non-hydrogen) atoms. The second kappa shape index (κ2) is 6.55. The fraction of sp³-hybridized carbons (Fsp3) is 0.429. The number of nitrogens with two attached hydrogens (primary N) is 1. The Labute approximate surface area is 122 Å². The third-order valence-corrected chi connectivity index (χ3v) is 4.00. The highest BCUT2D eigenvalue weighted by atomic mass is 32.1. The number of carbonyl (C=O) groups excluding carboxylic acids is 2. The van der Waals surface area contributed by atoms with Crippen molar-refractivity contribution in [3.8, 4) is 11.8 Å². The van der Waals surface area contributed by atoms with Crippen molar-refractivity contribution < 1.29 is 9.59 Å². The summed E-state index contributed by atoms with van der Waals surface area (Å²) in [4.78, 5) is 26.6. The van der Waals surface area contributed by atoms with Crippen molar-refractivity contribution in [2.75, 3.05) is 19.6 Å². The van der Waals surface area contributed by atoms with Crippen LogP contribution in [0.25, 0.3) is 0 Å². The van der Waals surface area contributed by atoms with Gasteiger partial charge >= 0.3 is 0 Å². The van der Waals surface area contributed by atoms with Gasteiger partial charge in [0.05, 0.1) is 16.3 Å². The topological polar surface area (TPSA) is 75.4 Å². The van der Waals surface area contributed by atoms with Crippen LogP contribution in [0.5, 0.6) is 0 Å². The van der Waals surface area contributed by atoms with Gasteiger partial charge in [-0.2, -0.15) is 0 Å². The first-order valence-corrected chi connectivity index (χ1v) is 7.27. The van der Waals surface area contributed by atoms with E-state index < -0.39 is 0 Å². The summed E-state index contributed by atoms with van der Waals surface area (Å²) in [7, 11) is 0. The highest BCUT2D eigenvalue weighted by Crippen LogP contribution is 2.20. The third kappa shape index (κ3) is 3.59. The lowest BCUT2D eigenvalue weighted by atomic mass is 10.2. The van der Waals surface area contributed by atoms with Crippen LogP contribution in [0.3, 0.4) is 0 Å². The van der Waals surface area contributed by atoms with Gasteiger partial charge in [0.15, 0.2) is 0 Å². The van der Waals surface area contributed by atoms with Gasteiger partial charge in [-0.15, -0.1) is 11.3 Å². The molecular formula is C14H17N3O2S. The maximum absolute atomic E-state index is 12.3. The van der Waals surface area contributed by atoms with Gasteiger partial charge in [0.25, 0.3) is 5.91 Å². The van der Waals surface area contributed by atoms with Crippen molar-refractivity contribution in [2.45, 2.75) is 19.4 Å². The van der Waals surface area contributed by atoms with E-state index in [0.717, 1.165) is 11.3 Å². The van der Waals surface area contributed by atoms with Gasteiger partial charge in [-0.1, -0.05) is 11.8 Å². The Bertz CT molecular complexity index is 570. The highest BCUT2D eigenvalue weighted by Gasteiger charge is 2.27. The van der Waals surface area contributed by atoms with Crippen LogP contribution in [0.2, 0.25) is 0 Å². The Morgan fingerprint density at radius 1 is 1.55 bits per heavy atom. The quantitative estimate of drug-likeness (QED) is 0.775. The second-order valence-electron chi connectivity index (χ2n) is 4.61. The Hall–Kier alpha value is -1.84. The molecule has 3 N–H and O–H groups in total.